The van der Waals surface area contributed by atoms with Crippen molar-refractivity contribution in [3.63, 3.8) is 0 Å². The summed E-state index contributed by atoms with van der Waals surface area (Å²) in [4.78, 5) is 6.55. The fourth-order valence-electron chi connectivity index (χ4n) is 2.23. The van der Waals surface area contributed by atoms with Crippen LogP contribution in [0.2, 0.25) is 0 Å². The van der Waals surface area contributed by atoms with Crippen molar-refractivity contribution >= 4 is 5.69 Å². The predicted molar refractivity (Wildman–Crippen MR) is 80.0 cm³/mol. The van der Waals surface area contributed by atoms with Crippen molar-refractivity contribution in [1.82, 2.24) is 4.98 Å². The highest BCUT2D eigenvalue weighted by molar-refractivity contribution is 5.52. The number of pyridine rings is 1. The second-order valence-electron chi connectivity index (χ2n) is 4.65. The predicted octanol–water partition coefficient (Wildman–Crippen LogP) is 2.88. The van der Waals surface area contributed by atoms with Gasteiger partial charge in [0.05, 0.1) is 11.9 Å². The van der Waals surface area contributed by atoms with E-state index in [0.717, 1.165) is 24.3 Å². The number of hydrogen-bond acceptors (Lipinski definition) is 3. The third-order valence-electron chi connectivity index (χ3n) is 3.45. The van der Waals surface area contributed by atoms with Gasteiger partial charge in [-0.1, -0.05) is 24.3 Å². The summed E-state index contributed by atoms with van der Waals surface area (Å²) in [7, 11) is 0. The van der Waals surface area contributed by atoms with E-state index in [0.29, 0.717) is 6.54 Å². The van der Waals surface area contributed by atoms with Crippen LogP contribution in [0.5, 0.6) is 0 Å². The number of nitrogens with zero attached hydrogens (tertiary/aromatic N) is 2. The van der Waals surface area contributed by atoms with E-state index in [4.69, 9.17) is 5.73 Å². The van der Waals surface area contributed by atoms with Gasteiger partial charge in [0.2, 0.25) is 0 Å². The zero-order valence-electron chi connectivity index (χ0n) is 11.6. The van der Waals surface area contributed by atoms with Crippen LogP contribution < -0.4 is 10.6 Å². The maximum atomic E-state index is 5.81. The van der Waals surface area contributed by atoms with Crippen LogP contribution in [-0.4, -0.2) is 11.5 Å². The van der Waals surface area contributed by atoms with Crippen LogP contribution >= 0.6 is 0 Å². The van der Waals surface area contributed by atoms with E-state index in [1.54, 1.807) is 6.20 Å². The molecule has 100 valence electrons. The van der Waals surface area contributed by atoms with Crippen LogP contribution in [0.3, 0.4) is 0 Å². The van der Waals surface area contributed by atoms with E-state index in [1.807, 2.05) is 12.3 Å². The van der Waals surface area contributed by atoms with Crippen LogP contribution in [0.15, 0.2) is 42.7 Å². The fourth-order valence-corrected chi connectivity index (χ4v) is 2.23. The first-order chi connectivity index (χ1) is 9.26. The number of aryl methyl sites for hydroxylation is 1. The Hall–Kier alpha value is -1.87. The van der Waals surface area contributed by atoms with Crippen LogP contribution in [0.25, 0.3) is 0 Å². The molecule has 0 amide bonds. The summed E-state index contributed by atoms with van der Waals surface area (Å²) in [6.45, 7) is 6.68. The van der Waals surface area contributed by atoms with E-state index in [2.05, 4.69) is 48.0 Å². The Morgan fingerprint density at radius 3 is 2.63 bits per heavy atom. The molecule has 0 spiro atoms. The van der Waals surface area contributed by atoms with Crippen molar-refractivity contribution in [2.75, 3.05) is 11.4 Å². The monoisotopic (exact) mass is 255 g/mol. The van der Waals surface area contributed by atoms with Gasteiger partial charge in [0.15, 0.2) is 0 Å². The zero-order chi connectivity index (χ0) is 13.7. The SMILES string of the molecule is CCN(Cc1ccccc1C)c1cnccc1CN. The molecule has 0 aliphatic carbocycles. The topological polar surface area (TPSA) is 42.2 Å². The molecule has 0 fully saturated rings. The molecular weight excluding hydrogens is 234 g/mol. The highest BCUT2D eigenvalue weighted by atomic mass is 15.1. The third kappa shape index (κ3) is 3.12. The molecule has 1 aromatic heterocycles. The van der Waals surface area contributed by atoms with Gasteiger partial charge in [0.25, 0.3) is 0 Å². The Balaban J connectivity index is 2.28. The number of aromatic nitrogens is 1. The molecule has 0 radical (unpaired) electrons. The second-order valence-corrected chi connectivity index (χ2v) is 4.65. The summed E-state index contributed by atoms with van der Waals surface area (Å²) in [6, 6.07) is 10.5. The van der Waals surface area contributed by atoms with Gasteiger partial charge in [0.1, 0.15) is 0 Å². The Labute approximate surface area is 115 Å². The van der Waals surface area contributed by atoms with Gasteiger partial charge in [-0.05, 0) is 36.6 Å². The zero-order valence-corrected chi connectivity index (χ0v) is 11.6. The average molecular weight is 255 g/mol. The normalized spacial score (nSPS) is 10.5. The first kappa shape index (κ1) is 13.6. The molecule has 3 nitrogen and oxygen atoms in total. The molecular formula is C16H21N3. The van der Waals surface area contributed by atoms with Crippen molar-refractivity contribution in [3.05, 3.63) is 59.4 Å². The first-order valence-electron chi connectivity index (χ1n) is 6.68. The van der Waals surface area contributed by atoms with Gasteiger partial charge in [-0.25, -0.2) is 0 Å². The molecule has 3 heteroatoms. The number of rotatable bonds is 5. The van der Waals surface area contributed by atoms with Gasteiger partial charge in [-0.15, -0.1) is 0 Å². The third-order valence-corrected chi connectivity index (χ3v) is 3.45. The Kier molecular flexibility index (Phi) is 4.53. The fraction of sp³-hybridized carbons (Fsp3) is 0.312. The van der Waals surface area contributed by atoms with Crippen molar-refractivity contribution in [1.29, 1.82) is 0 Å². The lowest BCUT2D eigenvalue weighted by atomic mass is 10.1. The highest BCUT2D eigenvalue weighted by Gasteiger charge is 2.10. The minimum absolute atomic E-state index is 0.544. The number of nitrogens with two attached hydrogens (primary N) is 1. The molecule has 0 atom stereocenters. The maximum Gasteiger partial charge on any atom is 0.0601 e. The molecule has 2 N–H and O–H groups in total. The van der Waals surface area contributed by atoms with Crippen molar-refractivity contribution in [3.8, 4) is 0 Å². The molecule has 0 aliphatic heterocycles. The van der Waals surface area contributed by atoms with Crippen molar-refractivity contribution in [2.45, 2.75) is 26.9 Å². The largest absolute Gasteiger partial charge is 0.366 e. The summed E-state index contributed by atoms with van der Waals surface area (Å²) >= 11 is 0. The van der Waals surface area contributed by atoms with E-state index >= 15 is 0 Å². The summed E-state index contributed by atoms with van der Waals surface area (Å²) in [6.07, 6.45) is 3.71. The molecule has 2 rings (SSSR count). The molecule has 2 aromatic rings. The molecule has 0 bridgehead atoms. The van der Waals surface area contributed by atoms with Crippen molar-refractivity contribution in [2.24, 2.45) is 5.73 Å². The van der Waals surface area contributed by atoms with Crippen LogP contribution in [0, 0.1) is 6.92 Å². The highest BCUT2D eigenvalue weighted by Crippen LogP contribution is 2.21. The maximum absolute atomic E-state index is 5.81. The summed E-state index contributed by atoms with van der Waals surface area (Å²) in [5.41, 5.74) is 10.8. The minimum atomic E-state index is 0.544. The van der Waals surface area contributed by atoms with Gasteiger partial charge in [-0.2, -0.15) is 0 Å². The number of hydrogen-bond donors (Lipinski definition) is 1. The Morgan fingerprint density at radius 2 is 1.95 bits per heavy atom. The van der Waals surface area contributed by atoms with E-state index < -0.39 is 0 Å². The summed E-state index contributed by atoms with van der Waals surface area (Å²) in [5.74, 6) is 0. The Bertz CT molecular complexity index is 537. The molecule has 0 unspecified atom stereocenters. The van der Waals surface area contributed by atoms with Crippen molar-refractivity contribution < 1.29 is 0 Å². The van der Waals surface area contributed by atoms with E-state index in [-0.39, 0.29) is 0 Å². The first-order valence-corrected chi connectivity index (χ1v) is 6.68. The lowest BCUT2D eigenvalue weighted by Gasteiger charge is -2.25. The molecule has 0 saturated heterocycles. The van der Waals surface area contributed by atoms with E-state index in [1.165, 1.54) is 11.1 Å². The Morgan fingerprint density at radius 1 is 1.16 bits per heavy atom. The number of anilines is 1. The molecule has 0 aliphatic rings. The lowest BCUT2D eigenvalue weighted by molar-refractivity contribution is 0.813. The summed E-state index contributed by atoms with van der Waals surface area (Å²) in [5, 5.41) is 0. The molecule has 1 heterocycles. The van der Waals surface area contributed by atoms with Gasteiger partial charge in [0, 0.05) is 25.8 Å². The van der Waals surface area contributed by atoms with Crippen LogP contribution in [0.1, 0.15) is 23.6 Å². The van der Waals surface area contributed by atoms with E-state index in [9.17, 15) is 0 Å². The van der Waals surface area contributed by atoms with Crippen LogP contribution in [-0.2, 0) is 13.1 Å². The minimum Gasteiger partial charge on any atom is -0.366 e. The average Bonchev–Trinajstić information content (AvgIpc) is 2.46. The molecule has 19 heavy (non-hydrogen) atoms. The van der Waals surface area contributed by atoms with Gasteiger partial charge >= 0.3 is 0 Å². The molecule has 1 aromatic carbocycles. The standard InChI is InChI=1S/C16H21N3/c1-3-19(12-15-7-5-4-6-13(15)2)16-11-18-9-8-14(16)10-17/h4-9,11H,3,10,12,17H2,1-2H3. The smallest absolute Gasteiger partial charge is 0.0601 e. The van der Waals surface area contributed by atoms with Crippen LogP contribution in [0.4, 0.5) is 5.69 Å². The van der Waals surface area contributed by atoms with Gasteiger partial charge in [-0.3, -0.25) is 4.98 Å². The summed E-state index contributed by atoms with van der Waals surface area (Å²) < 4.78 is 0. The molecule has 0 saturated carbocycles. The lowest BCUT2D eigenvalue weighted by Crippen LogP contribution is -2.24. The second kappa shape index (κ2) is 6.34. The van der Waals surface area contributed by atoms with Gasteiger partial charge < -0.3 is 10.6 Å². The number of benzene rings is 1. The quantitative estimate of drug-likeness (QED) is 0.893.